The first-order chi connectivity index (χ1) is 13.2. The Balaban J connectivity index is 1.64. The van der Waals surface area contributed by atoms with Crippen LogP contribution in [0, 0.1) is 0 Å². The number of alkyl halides is 3. The van der Waals surface area contributed by atoms with Crippen LogP contribution in [0.25, 0.3) is 0 Å². The Bertz CT molecular complexity index is 912. The highest BCUT2D eigenvalue weighted by atomic mass is 19.4. The monoisotopic (exact) mass is 398 g/mol. The molecule has 0 radical (unpaired) electrons. The van der Waals surface area contributed by atoms with Crippen molar-refractivity contribution in [2.75, 3.05) is 20.2 Å². The number of carbonyl (C=O) groups excluding carboxylic acids is 1. The van der Waals surface area contributed by atoms with Crippen LogP contribution in [-0.2, 0) is 24.4 Å². The lowest BCUT2D eigenvalue weighted by molar-refractivity contribution is -0.147. The Morgan fingerprint density at radius 3 is 2.54 bits per heavy atom. The number of carbonyl (C=O) groups is 1. The summed E-state index contributed by atoms with van der Waals surface area (Å²) in [4.78, 5) is 26.3. The van der Waals surface area contributed by atoms with Crippen LogP contribution in [-0.4, -0.2) is 45.4 Å². The predicted octanol–water partition coefficient (Wildman–Crippen LogP) is 2.02. The van der Waals surface area contributed by atoms with Gasteiger partial charge in [-0.05, 0) is 30.5 Å². The molecule has 0 aliphatic carbocycles. The van der Waals surface area contributed by atoms with Crippen molar-refractivity contribution >= 4 is 5.91 Å². The lowest BCUT2D eigenvalue weighted by Crippen LogP contribution is -2.41. The van der Waals surface area contributed by atoms with Gasteiger partial charge in [-0.2, -0.15) is 13.2 Å². The van der Waals surface area contributed by atoms with Gasteiger partial charge < -0.3 is 9.64 Å². The maximum Gasteiger partial charge on any atom is 0.451 e. The van der Waals surface area contributed by atoms with Crippen molar-refractivity contribution in [3.05, 3.63) is 46.1 Å². The fourth-order valence-corrected chi connectivity index (χ4v) is 3.37. The largest absolute Gasteiger partial charge is 0.497 e. The van der Waals surface area contributed by atoms with Gasteiger partial charge in [0.25, 0.3) is 0 Å². The van der Waals surface area contributed by atoms with Gasteiger partial charge in [0.2, 0.25) is 11.7 Å². The van der Waals surface area contributed by atoms with Crippen molar-refractivity contribution < 1.29 is 22.7 Å². The van der Waals surface area contributed by atoms with E-state index in [0.29, 0.717) is 36.2 Å². The predicted molar refractivity (Wildman–Crippen MR) is 94.0 cm³/mol. The van der Waals surface area contributed by atoms with E-state index in [-0.39, 0.29) is 12.3 Å². The molecule has 28 heavy (non-hydrogen) atoms. The summed E-state index contributed by atoms with van der Waals surface area (Å²) in [5, 5.41) is 3.49. The number of methoxy groups -OCH3 is 1. The Morgan fingerprint density at radius 2 is 1.96 bits per heavy atom. The van der Waals surface area contributed by atoms with Crippen LogP contribution in [0.1, 0.15) is 30.3 Å². The minimum absolute atomic E-state index is 0.0731. The third-order valence-corrected chi connectivity index (χ3v) is 4.91. The molecule has 1 aliphatic rings. The molecule has 0 bridgehead atoms. The van der Waals surface area contributed by atoms with Gasteiger partial charge in [-0.1, -0.05) is 12.1 Å². The molecule has 2 aromatic rings. The quantitative estimate of drug-likeness (QED) is 0.790. The van der Waals surface area contributed by atoms with Crippen LogP contribution >= 0.6 is 0 Å². The number of piperidine rings is 1. The van der Waals surface area contributed by atoms with E-state index in [0.717, 1.165) is 17.3 Å². The molecule has 1 fully saturated rings. The van der Waals surface area contributed by atoms with E-state index in [4.69, 9.17) is 4.74 Å². The number of hydrogen-bond donors (Lipinski definition) is 0. The summed E-state index contributed by atoms with van der Waals surface area (Å²) in [5.74, 6) is -0.621. The molecule has 1 saturated heterocycles. The summed E-state index contributed by atoms with van der Waals surface area (Å²) in [6, 6.07) is 6.75. The standard InChI is InChI=1S/C18H21F3N4O3/c1-23-16(18(19,20)21)22-25(17(23)27)13-6-8-24(9-7-13)15(26)11-12-4-3-5-14(10-12)28-2/h3-5,10,13H,6-9,11H2,1-2H3. The molecular weight excluding hydrogens is 377 g/mol. The van der Waals surface area contributed by atoms with Crippen LogP contribution in [0.2, 0.25) is 0 Å². The lowest BCUT2D eigenvalue weighted by atomic mass is 10.0. The van der Waals surface area contributed by atoms with Crippen LogP contribution in [0.4, 0.5) is 13.2 Å². The smallest absolute Gasteiger partial charge is 0.451 e. The second kappa shape index (κ2) is 7.69. The fraction of sp³-hybridized carbons (Fsp3) is 0.500. The van der Waals surface area contributed by atoms with E-state index in [9.17, 15) is 22.8 Å². The molecule has 0 saturated carbocycles. The summed E-state index contributed by atoms with van der Waals surface area (Å²) in [6.45, 7) is 0.718. The first kappa shape index (κ1) is 20.0. The molecular formula is C18H21F3N4O3. The van der Waals surface area contributed by atoms with Gasteiger partial charge in [0.05, 0.1) is 19.6 Å². The van der Waals surface area contributed by atoms with E-state index in [2.05, 4.69) is 5.10 Å². The normalized spacial score (nSPS) is 15.7. The first-order valence-electron chi connectivity index (χ1n) is 8.84. The number of halogens is 3. The minimum atomic E-state index is -4.69. The average molecular weight is 398 g/mol. The summed E-state index contributed by atoms with van der Waals surface area (Å²) in [5.41, 5.74) is 0.0238. The maximum absolute atomic E-state index is 12.9. The molecule has 0 N–H and O–H groups in total. The van der Waals surface area contributed by atoms with Crippen LogP contribution in [0.3, 0.4) is 0 Å². The fourth-order valence-electron chi connectivity index (χ4n) is 3.37. The molecule has 0 unspecified atom stereocenters. The van der Waals surface area contributed by atoms with Gasteiger partial charge in [0.1, 0.15) is 5.75 Å². The summed E-state index contributed by atoms with van der Waals surface area (Å²) in [7, 11) is 2.61. The van der Waals surface area contributed by atoms with Crippen LogP contribution in [0.15, 0.2) is 29.1 Å². The van der Waals surface area contributed by atoms with Crippen molar-refractivity contribution in [3.8, 4) is 5.75 Å². The zero-order valence-corrected chi connectivity index (χ0v) is 15.6. The topological polar surface area (TPSA) is 69.4 Å². The molecule has 1 aliphatic heterocycles. The van der Waals surface area contributed by atoms with Crippen LogP contribution < -0.4 is 10.4 Å². The van der Waals surface area contributed by atoms with E-state index in [1.807, 2.05) is 6.07 Å². The van der Waals surface area contributed by atoms with Gasteiger partial charge in [0, 0.05) is 20.1 Å². The number of likely N-dealkylation sites (tertiary alicyclic amines) is 1. The van der Waals surface area contributed by atoms with Crippen molar-refractivity contribution in [1.29, 1.82) is 0 Å². The number of aromatic nitrogens is 3. The second-order valence-corrected chi connectivity index (χ2v) is 6.75. The number of ether oxygens (including phenoxy) is 1. The highest BCUT2D eigenvalue weighted by molar-refractivity contribution is 5.79. The zero-order valence-electron chi connectivity index (χ0n) is 15.6. The molecule has 152 valence electrons. The number of hydrogen-bond acceptors (Lipinski definition) is 4. The SMILES string of the molecule is COc1cccc(CC(=O)N2CCC(n3nc(C(F)(F)F)n(C)c3=O)CC2)c1. The molecule has 1 aromatic carbocycles. The van der Waals surface area contributed by atoms with Gasteiger partial charge in [-0.25, -0.2) is 9.48 Å². The van der Waals surface area contributed by atoms with Gasteiger partial charge in [-0.15, -0.1) is 5.10 Å². The zero-order chi connectivity index (χ0) is 20.5. The van der Waals surface area contributed by atoms with Crippen molar-refractivity contribution in [3.63, 3.8) is 0 Å². The summed E-state index contributed by atoms with van der Waals surface area (Å²) in [6.07, 6.45) is -3.73. The molecule has 0 spiro atoms. The molecule has 3 rings (SSSR count). The number of nitrogens with zero attached hydrogens (tertiary/aromatic N) is 4. The average Bonchev–Trinajstić information content (AvgIpc) is 2.97. The van der Waals surface area contributed by atoms with E-state index < -0.39 is 23.7 Å². The van der Waals surface area contributed by atoms with Crippen molar-refractivity contribution in [2.24, 2.45) is 7.05 Å². The Hall–Kier alpha value is -2.78. The van der Waals surface area contributed by atoms with Gasteiger partial charge in [-0.3, -0.25) is 9.36 Å². The minimum Gasteiger partial charge on any atom is -0.497 e. The molecule has 0 atom stereocenters. The van der Waals surface area contributed by atoms with E-state index in [1.165, 1.54) is 0 Å². The third-order valence-electron chi connectivity index (χ3n) is 4.91. The maximum atomic E-state index is 12.9. The highest BCUT2D eigenvalue weighted by Crippen LogP contribution is 2.28. The third kappa shape index (κ3) is 4.05. The number of amides is 1. The Labute approximate surface area is 159 Å². The molecule has 1 aromatic heterocycles. The van der Waals surface area contributed by atoms with E-state index >= 15 is 0 Å². The molecule has 2 heterocycles. The molecule has 10 heteroatoms. The highest BCUT2D eigenvalue weighted by Gasteiger charge is 2.39. The number of benzene rings is 1. The van der Waals surface area contributed by atoms with Gasteiger partial charge in [0.15, 0.2) is 0 Å². The Morgan fingerprint density at radius 1 is 1.29 bits per heavy atom. The van der Waals surface area contributed by atoms with Crippen LogP contribution in [0.5, 0.6) is 5.75 Å². The lowest BCUT2D eigenvalue weighted by Gasteiger charge is -2.31. The first-order valence-corrected chi connectivity index (χ1v) is 8.84. The second-order valence-electron chi connectivity index (χ2n) is 6.75. The van der Waals surface area contributed by atoms with Crippen molar-refractivity contribution in [1.82, 2.24) is 19.2 Å². The Kier molecular flexibility index (Phi) is 5.48. The summed E-state index contributed by atoms with van der Waals surface area (Å²) < 4.78 is 45.4. The van der Waals surface area contributed by atoms with Crippen molar-refractivity contribution in [2.45, 2.75) is 31.5 Å². The molecule has 1 amide bonds. The summed E-state index contributed by atoms with van der Waals surface area (Å²) >= 11 is 0. The van der Waals surface area contributed by atoms with Gasteiger partial charge >= 0.3 is 11.9 Å². The molecule has 7 nitrogen and oxygen atoms in total. The number of rotatable bonds is 4. The van der Waals surface area contributed by atoms with E-state index in [1.54, 1.807) is 30.2 Å².